The summed E-state index contributed by atoms with van der Waals surface area (Å²) in [6.07, 6.45) is 3.67. The number of anilines is 1. The highest BCUT2D eigenvalue weighted by Crippen LogP contribution is 2.28. The van der Waals surface area contributed by atoms with Crippen LogP contribution in [0.4, 0.5) is 10.7 Å². The van der Waals surface area contributed by atoms with Crippen molar-refractivity contribution in [1.82, 2.24) is 24.6 Å². The van der Waals surface area contributed by atoms with E-state index in [4.69, 9.17) is 26.7 Å². The van der Waals surface area contributed by atoms with Gasteiger partial charge in [0.25, 0.3) is 10.0 Å². The van der Waals surface area contributed by atoms with Crippen LogP contribution < -0.4 is 10.0 Å². The Balaban J connectivity index is 1.35. The van der Waals surface area contributed by atoms with E-state index in [1.165, 1.54) is 12.1 Å². The third-order valence-electron chi connectivity index (χ3n) is 7.12. The molecule has 1 fully saturated rings. The number of aryl methyl sites for hydroxylation is 1. The summed E-state index contributed by atoms with van der Waals surface area (Å²) in [5.74, 6) is 0.435. The Hall–Kier alpha value is -4.49. The molecule has 0 unspecified atom stereocenters. The van der Waals surface area contributed by atoms with Crippen molar-refractivity contribution in [2.24, 2.45) is 4.99 Å². The predicted octanol–water partition coefficient (Wildman–Crippen LogP) is 5.59. The van der Waals surface area contributed by atoms with Gasteiger partial charge < -0.3 is 19.9 Å². The van der Waals surface area contributed by atoms with Gasteiger partial charge in [0.2, 0.25) is 5.95 Å². The number of nitrogens with one attached hydrogen (secondary N) is 4. The average Bonchev–Trinajstić information content (AvgIpc) is 3.66. The van der Waals surface area contributed by atoms with Gasteiger partial charge in [-0.15, -0.1) is 0 Å². The fourth-order valence-corrected chi connectivity index (χ4v) is 6.58. The number of amides is 1. The number of aromatic amines is 1. The molecule has 236 valence electrons. The maximum absolute atomic E-state index is 13.0. The van der Waals surface area contributed by atoms with E-state index >= 15 is 0 Å². The SMILES string of the molecule is CCc1cc(-c2ccc(/C(=N\C=N)NS(=O)(=O)c3ccccc3Cl)[nH]2)cc2cnc(N[C@H]3CCN(C(=O)OC(C)(C)C)C3)nc12. The summed E-state index contributed by atoms with van der Waals surface area (Å²) in [4.78, 5) is 30.6. The number of carbonyl (C=O) groups is 1. The topological polar surface area (TPSA) is 166 Å². The number of likely N-dealkylation sites (tertiary alicyclic amines) is 1. The minimum Gasteiger partial charge on any atom is -0.444 e. The molecule has 0 aliphatic carbocycles. The molecule has 2 aromatic carbocycles. The molecule has 1 saturated heterocycles. The van der Waals surface area contributed by atoms with Crippen LogP contribution in [0.5, 0.6) is 0 Å². The van der Waals surface area contributed by atoms with Crippen LogP contribution in [-0.4, -0.2) is 71.3 Å². The number of amidine groups is 1. The number of aliphatic imine (C=N–C) groups is 1. The van der Waals surface area contributed by atoms with Gasteiger partial charge in [-0.1, -0.05) is 30.7 Å². The highest BCUT2D eigenvalue weighted by molar-refractivity contribution is 7.90. The van der Waals surface area contributed by atoms with Crippen molar-refractivity contribution in [3.05, 3.63) is 71.0 Å². The summed E-state index contributed by atoms with van der Waals surface area (Å²) in [6.45, 7) is 8.69. The third-order valence-corrected chi connectivity index (χ3v) is 8.96. The maximum Gasteiger partial charge on any atom is 0.410 e. The van der Waals surface area contributed by atoms with E-state index in [9.17, 15) is 13.2 Å². The van der Waals surface area contributed by atoms with Crippen LogP contribution in [0.3, 0.4) is 0 Å². The van der Waals surface area contributed by atoms with Crippen LogP contribution in [0, 0.1) is 5.41 Å². The van der Waals surface area contributed by atoms with Crippen molar-refractivity contribution in [2.75, 3.05) is 18.4 Å². The second-order valence-electron chi connectivity index (χ2n) is 11.6. The zero-order valence-electron chi connectivity index (χ0n) is 25.4. The van der Waals surface area contributed by atoms with Gasteiger partial charge in [-0.25, -0.2) is 28.2 Å². The van der Waals surface area contributed by atoms with Crippen LogP contribution in [0.2, 0.25) is 5.02 Å². The molecule has 0 spiro atoms. The molecule has 1 aliphatic rings. The zero-order valence-corrected chi connectivity index (χ0v) is 27.0. The minimum atomic E-state index is -4.07. The fraction of sp³-hybridized carbons (Fsp3) is 0.323. The van der Waals surface area contributed by atoms with Gasteiger partial charge in [0, 0.05) is 36.4 Å². The van der Waals surface area contributed by atoms with E-state index in [2.05, 4.69) is 25.0 Å². The second kappa shape index (κ2) is 12.9. The highest BCUT2D eigenvalue weighted by Gasteiger charge is 2.30. The highest BCUT2D eigenvalue weighted by atomic mass is 35.5. The summed E-state index contributed by atoms with van der Waals surface area (Å²) in [6, 6.07) is 13.6. The van der Waals surface area contributed by atoms with Gasteiger partial charge in [-0.3, -0.25) is 10.1 Å². The van der Waals surface area contributed by atoms with E-state index in [0.29, 0.717) is 36.8 Å². The normalized spacial score (nSPS) is 15.7. The van der Waals surface area contributed by atoms with Crippen molar-refractivity contribution in [3.8, 4) is 11.3 Å². The standard InChI is InChI=1S/C31H35ClN8O4S/c1-5-19-14-20(24-10-11-25(37-24)28(35-18-33)39-45(42,43)26-9-7-6-8-23(26)32)15-21-16-34-29(38-27(19)21)36-22-12-13-40(17-22)30(41)44-31(2,3)4/h6-11,14-16,18,22,37H,5,12-13,17H2,1-4H3,(H2,33,35,39)(H,34,36,38)/t22-/m0/s1. The van der Waals surface area contributed by atoms with Crippen LogP contribution in [0.25, 0.3) is 22.2 Å². The van der Waals surface area contributed by atoms with Crippen LogP contribution in [0.1, 0.15) is 45.4 Å². The largest absolute Gasteiger partial charge is 0.444 e. The Morgan fingerprint density at radius 2 is 2.02 bits per heavy atom. The van der Waals surface area contributed by atoms with Gasteiger partial charge in [-0.2, -0.15) is 0 Å². The van der Waals surface area contributed by atoms with E-state index in [0.717, 1.165) is 34.8 Å². The van der Waals surface area contributed by atoms with Gasteiger partial charge in [0.1, 0.15) is 16.8 Å². The third kappa shape index (κ3) is 7.43. The molecule has 1 amide bonds. The number of hydrogen-bond donors (Lipinski definition) is 4. The first-order valence-electron chi connectivity index (χ1n) is 14.4. The Bertz CT molecular complexity index is 1880. The minimum absolute atomic E-state index is 0.00354. The van der Waals surface area contributed by atoms with Gasteiger partial charge in [0.15, 0.2) is 5.84 Å². The van der Waals surface area contributed by atoms with Crippen LogP contribution >= 0.6 is 11.6 Å². The summed E-state index contributed by atoms with van der Waals surface area (Å²) < 4.78 is 34.0. The molecule has 12 nitrogen and oxygen atoms in total. The number of benzene rings is 2. The number of ether oxygens (including phenoxy) is 1. The van der Waals surface area contributed by atoms with E-state index < -0.39 is 15.6 Å². The molecular formula is C31H35ClN8O4S. The zero-order chi connectivity index (χ0) is 32.4. The summed E-state index contributed by atoms with van der Waals surface area (Å²) >= 11 is 6.12. The number of carbonyl (C=O) groups excluding carboxylic acids is 1. The van der Waals surface area contributed by atoms with Crippen LogP contribution in [0.15, 0.2) is 64.6 Å². The quantitative estimate of drug-likeness (QED) is 0.142. The fourth-order valence-electron chi connectivity index (χ4n) is 5.03. The molecule has 4 aromatic rings. The Kier molecular flexibility index (Phi) is 9.12. The Labute approximate surface area is 266 Å². The lowest BCUT2D eigenvalue weighted by molar-refractivity contribution is 0.0293. The number of halogens is 1. The molecule has 3 heterocycles. The summed E-state index contributed by atoms with van der Waals surface area (Å²) in [5, 5.41) is 11.7. The number of aromatic nitrogens is 3. The molecule has 0 saturated carbocycles. The summed E-state index contributed by atoms with van der Waals surface area (Å²) in [7, 11) is -4.07. The van der Waals surface area contributed by atoms with Crippen molar-refractivity contribution in [3.63, 3.8) is 0 Å². The van der Waals surface area contributed by atoms with Crippen molar-refractivity contribution < 1.29 is 17.9 Å². The molecule has 45 heavy (non-hydrogen) atoms. The number of nitrogens with zero attached hydrogens (tertiary/aromatic N) is 4. The number of fused-ring (bicyclic) bond motifs is 1. The monoisotopic (exact) mass is 650 g/mol. The van der Waals surface area contributed by atoms with Crippen LogP contribution in [-0.2, 0) is 21.2 Å². The smallest absolute Gasteiger partial charge is 0.410 e. The first-order chi connectivity index (χ1) is 21.4. The maximum atomic E-state index is 13.0. The van der Waals surface area contributed by atoms with Gasteiger partial charge >= 0.3 is 6.09 Å². The van der Waals surface area contributed by atoms with Gasteiger partial charge in [-0.05, 0) is 81.1 Å². The number of hydrogen-bond acceptors (Lipinski definition) is 8. The van der Waals surface area contributed by atoms with Gasteiger partial charge in [0.05, 0.1) is 16.2 Å². The molecular weight excluding hydrogens is 616 g/mol. The van der Waals surface area contributed by atoms with E-state index in [-0.39, 0.29) is 27.9 Å². The lowest BCUT2D eigenvalue weighted by Crippen LogP contribution is -2.36. The average molecular weight is 651 g/mol. The molecule has 0 radical (unpaired) electrons. The number of H-pyrrole nitrogens is 1. The molecule has 2 aromatic heterocycles. The predicted molar refractivity (Wildman–Crippen MR) is 176 cm³/mol. The van der Waals surface area contributed by atoms with E-state index in [1.807, 2.05) is 45.9 Å². The first-order valence-corrected chi connectivity index (χ1v) is 16.3. The molecule has 0 bridgehead atoms. The molecule has 5 rings (SSSR count). The first kappa shape index (κ1) is 31.9. The van der Waals surface area contributed by atoms with Crippen molar-refractivity contribution in [2.45, 2.75) is 57.1 Å². The number of sulfonamides is 1. The molecule has 14 heteroatoms. The molecule has 1 atom stereocenters. The van der Waals surface area contributed by atoms with Crippen molar-refractivity contribution >= 4 is 56.7 Å². The Morgan fingerprint density at radius 3 is 2.73 bits per heavy atom. The Morgan fingerprint density at radius 1 is 1.24 bits per heavy atom. The number of rotatable bonds is 8. The molecule has 4 N–H and O–H groups in total. The lowest BCUT2D eigenvalue weighted by Gasteiger charge is -2.24. The molecule has 1 aliphatic heterocycles. The van der Waals surface area contributed by atoms with E-state index in [1.54, 1.807) is 29.3 Å². The second-order valence-corrected chi connectivity index (χ2v) is 13.7. The summed E-state index contributed by atoms with van der Waals surface area (Å²) in [5.41, 5.74) is 3.19. The lowest BCUT2D eigenvalue weighted by atomic mass is 10.0. The van der Waals surface area contributed by atoms with Crippen molar-refractivity contribution in [1.29, 1.82) is 5.41 Å².